The lowest BCUT2D eigenvalue weighted by molar-refractivity contribution is -0.135. The molecule has 0 saturated carbocycles. The van der Waals surface area contributed by atoms with Crippen LogP contribution in [0.2, 0.25) is 0 Å². The Balaban J connectivity index is 2.34. The molecule has 3 N–H and O–H groups in total. The molecule has 1 aromatic heterocycles. The second kappa shape index (κ2) is 7.10. The maximum absolute atomic E-state index is 12.5. The zero-order valence-electron chi connectivity index (χ0n) is 21.0. The topological polar surface area (TPSA) is 109 Å². The van der Waals surface area contributed by atoms with E-state index in [-0.39, 0.29) is 5.75 Å². The van der Waals surface area contributed by atoms with E-state index in [0.717, 1.165) is 0 Å². The van der Waals surface area contributed by atoms with Gasteiger partial charge in [-0.2, -0.15) is 0 Å². The molecule has 0 aliphatic carbocycles. The van der Waals surface area contributed by atoms with Crippen molar-refractivity contribution in [1.29, 1.82) is 0 Å². The third kappa shape index (κ3) is 3.56. The summed E-state index contributed by atoms with van der Waals surface area (Å²) >= 11 is 0. The summed E-state index contributed by atoms with van der Waals surface area (Å²) in [4.78, 5) is 27.1. The number of fused-ring (bicyclic) bond motifs is 1. The van der Waals surface area contributed by atoms with Crippen molar-refractivity contribution in [3.05, 3.63) is 59.8 Å². The number of nitrogens with zero attached hydrogens (tertiary/aromatic N) is 1. The fourth-order valence-electron chi connectivity index (χ4n) is 2.07. The fraction of sp³-hybridized carbons (Fsp3) is 0.105. The normalized spacial score (nSPS) is 16.0. The lowest BCUT2D eigenvalue weighted by atomic mass is 10.1. The van der Waals surface area contributed by atoms with E-state index in [1.54, 1.807) is 18.2 Å². The number of pyridine rings is 1. The van der Waals surface area contributed by atoms with Crippen LogP contribution in [0.3, 0.4) is 0 Å². The first-order valence-corrected chi connectivity index (χ1v) is 7.12. The Labute approximate surface area is 160 Å². The molecule has 0 atom stereocenters. The van der Waals surface area contributed by atoms with Gasteiger partial charge < -0.3 is 20.3 Å². The number of para-hydroxylation sites is 1. The van der Waals surface area contributed by atoms with Crippen molar-refractivity contribution in [3.63, 3.8) is 0 Å². The van der Waals surface area contributed by atoms with E-state index in [0.29, 0.717) is 0 Å². The van der Waals surface area contributed by atoms with Gasteiger partial charge in [0.05, 0.1) is 6.85 Å². The van der Waals surface area contributed by atoms with Crippen LogP contribution in [0.25, 0.3) is 10.8 Å². The monoisotopic (exact) mass is 360 g/mol. The molecule has 7 nitrogen and oxygen atoms in total. The van der Waals surface area contributed by atoms with Crippen LogP contribution in [0.1, 0.15) is 27.1 Å². The minimum Gasteiger partial charge on any atom is -0.505 e. The lowest BCUT2D eigenvalue weighted by Crippen LogP contribution is -2.30. The van der Waals surface area contributed by atoms with Gasteiger partial charge in [-0.05, 0) is 37.1 Å². The van der Waals surface area contributed by atoms with Crippen LogP contribution in [-0.2, 0) is 4.79 Å². The molecule has 0 radical (unpaired) electrons. The number of rotatable bonds is 5. The predicted molar refractivity (Wildman–Crippen MR) is 94.6 cm³/mol. The van der Waals surface area contributed by atoms with Gasteiger partial charge in [-0.3, -0.25) is 9.59 Å². The summed E-state index contributed by atoms with van der Waals surface area (Å²) in [5, 5.41) is 19.7. The molecule has 2 aromatic carbocycles. The molecule has 0 saturated heterocycles. The number of hydrogen-bond acceptors (Lipinski definition) is 5. The van der Waals surface area contributed by atoms with Crippen LogP contribution in [0.4, 0.5) is 0 Å². The van der Waals surface area contributed by atoms with E-state index in [1.165, 1.54) is 17.4 Å². The smallest absolute Gasteiger partial charge is 0.322 e. The number of aliphatic carboxylic acids is 1. The Morgan fingerprint density at radius 2 is 2.04 bits per heavy atom. The molecule has 7 heteroatoms. The number of carbonyl (C=O) groups excluding carboxylic acids is 1. The third-order valence-corrected chi connectivity index (χ3v) is 3.17. The average Bonchev–Trinajstić information content (AvgIpc) is 2.74. The number of hydrogen-bond donors (Lipinski definition) is 3. The Morgan fingerprint density at radius 3 is 2.73 bits per heavy atom. The van der Waals surface area contributed by atoms with E-state index < -0.39 is 77.0 Å². The highest BCUT2D eigenvalue weighted by atomic mass is 16.5. The molecule has 1 heterocycles. The number of aromatic nitrogens is 1. The first-order valence-electron chi connectivity index (χ1n) is 11.1. The predicted octanol–water partition coefficient (Wildman–Crippen LogP) is 2.86. The fourth-order valence-corrected chi connectivity index (χ4v) is 2.07. The van der Waals surface area contributed by atoms with E-state index in [4.69, 9.17) is 20.8 Å². The van der Waals surface area contributed by atoms with E-state index in [1.807, 2.05) is 0 Å². The highest BCUT2D eigenvalue weighted by molar-refractivity contribution is 6.03. The largest absolute Gasteiger partial charge is 0.505 e. The number of nitrogens with one attached hydrogen (secondary N) is 1. The molecule has 3 aromatic rings. The van der Waals surface area contributed by atoms with Crippen molar-refractivity contribution in [3.8, 4) is 17.2 Å². The molecular formula is C19H16N2O5. The molecule has 1 amide bonds. The van der Waals surface area contributed by atoms with E-state index in [2.05, 4.69) is 4.98 Å². The highest BCUT2D eigenvalue weighted by Gasteiger charge is 2.18. The number of amides is 1. The van der Waals surface area contributed by atoms with Crippen molar-refractivity contribution in [2.24, 2.45) is 0 Å². The summed E-state index contributed by atoms with van der Waals surface area (Å²) in [6.07, 6.45) is 0. The van der Waals surface area contributed by atoms with Crippen LogP contribution in [-0.4, -0.2) is 33.6 Å². The molecule has 0 spiro atoms. The number of carboxylic acids is 1. The second-order valence-electron chi connectivity index (χ2n) is 4.91. The van der Waals surface area contributed by atoms with Crippen molar-refractivity contribution in [1.82, 2.24) is 10.3 Å². The van der Waals surface area contributed by atoms with Gasteiger partial charge in [0, 0.05) is 20.6 Å². The van der Waals surface area contributed by atoms with Crippen molar-refractivity contribution >= 4 is 22.6 Å². The standard InChI is InChI=1S/C19H16N2O5/c1-11-15-9-13(26-12-5-3-2-4-6-12)7-8-14(15)18(24)17(21-11)19(25)20-10-16(22)23/h2-9,24H,10H2,1H3,(H,20,25)(H,22,23)/i1D3,7D,8D,9D,10D2. The maximum atomic E-state index is 12.5. The molecular weight excluding hydrogens is 336 g/mol. The van der Waals surface area contributed by atoms with Crippen molar-refractivity contribution < 1.29 is 35.5 Å². The number of aryl methyl sites for hydroxylation is 1. The Kier molecular flexibility index (Phi) is 2.67. The molecule has 26 heavy (non-hydrogen) atoms. The average molecular weight is 360 g/mol. The molecule has 0 aliphatic rings. The molecule has 0 bridgehead atoms. The summed E-state index contributed by atoms with van der Waals surface area (Å²) in [6, 6.07) is 5.69. The Hall–Kier alpha value is -3.61. The van der Waals surface area contributed by atoms with Crippen LogP contribution in [0.15, 0.2) is 48.5 Å². The molecule has 0 fully saturated rings. The zero-order valence-corrected chi connectivity index (χ0v) is 13.0. The summed E-state index contributed by atoms with van der Waals surface area (Å²) in [5.74, 6) is -5.08. The first kappa shape index (κ1) is 9.76. The van der Waals surface area contributed by atoms with Gasteiger partial charge in [-0.1, -0.05) is 18.2 Å². The minimum atomic E-state index is -3.29. The van der Waals surface area contributed by atoms with E-state index >= 15 is 0 Å². The van der Waals surface area contributed by atoms with Crippen LogP contribution in [0.5, 0.6) is 17.2 Å². The molecule has 3 rings (SSSR count). The number of aromatic hydroxyl groups is 1. The van der Waals surface area contributed by atoms with Crippen molar-refractivity contribution in [2.75, 3.05) is 6.50 Å². The number of benzene rings is 2. The van der Waals surface area contributed by atoms with E-state index in [9.17, 15) is 14.7 Å². The Bertz CT molecular complexity index is 1310. The van der Waals surface area contributed by atoms with Gasteiger partial charge in [0.15, 0.2) is 11.4 Å². The van der Waals surface area contributed by atoms with Gasteiger partial charge >= 0.3 is 5.97 Å². The Morgan fingerprint density at radius 1 is 1.27 bits per heavy atom. The minimum absolute atomic E-state index is 0.183. The molecule has 0 aliphatic heterocycles. The summed E-state index contributed by atoms with van der Waals surface area (Å²) in [7, 11) is 0. The van der Waals surface area contributed by atoms with Gasteiger partial charge in [0.2, 0.25) is 0 Å². The van der Waals surface area contributed by atoms with Crippen LogP contribution >= 0.6 is 0 Å². The summed E-state index contributed by atoms with van der Waals surface area (Å²) in [5.41, 5.74) is -1.99. The number of carboxylic acid groups (broad SMARTS) is 1. The SMILES string of the molecule is [2H]c1c(Oc2ccccc2)c([2H])c2c(C([2H])([2H])[2H])nc(C(=O)NC([2H])([2H])C(=O)O)c(O)c2c1[2H]. The first-order chi connectivity index (χ1) is 15.7. The highest BCUT2D eigenvalue weighted by Crippen LogP contribution is 2.33. The number of ether oxygens (including phenoxy) is 1. The van der Waals surface area contributed by atoms with Gasteiger partial charge in [0.1, 0.15) is 18.0 Å². The van der Waals surface area contributed by atoms with Gasteiger partial charge in [-0.25, -0.2) is 4.98 Å². The van der Waals surface area contributed by atoms with Gasteiger partial charge in [0.25, 0.3) is 5.91 Å². The number of carbonyl (C=O) groups is 2. The van der Waals surface area contributed by atoms with Crippen LogP contribution in [0, 0.1) is 6.85 Å². The molecule has 132 valence electrons. The second-order valence-corrected chi connectivity index (χ2v) is 4.91. The quantitative estimate of drug-likeness (QED) is 0.645. The van der Waals surface area contributed by atoms with Crippen molar-refractivity contribution in [2.45, 2.75) is 6.85 Å². The zero-order chi connectivity index (χ0) is 25.6. The third-order valence-electron chi connectivity index (χ3n) is 3.17. The molecule has 0 unspecified atom stereocenters. The summed E-state index contributed by atoms with van der Waals surface area (Å²) in [6.45, 7) is -6.39. The summed E-state index contributed by atoms with van der Waals surface area (Å²) < 4.78 is 68.5. The lowest BCUT2D eigenvalue weighted by Gasteiger charge is -2.12. The maximum Gasteiger partial charge on any atom is 0.322 e. The van der Waals surface area contributed by atoms with Gasteiger partial charge in [-0.15, -0.1) is 0 Å². The van der Waals surface area contributed by atoms with Crippen LogP contribution < -0.4 is 10.1 Å².